The Morgan fingerprint density at radius 1 is 1.18 bits per heavy atom. The molecule has 28 heavy (non-hydrogen) atoms. The van der Waals surface area contributed by atoms with Gasteiger partial charge in [0.15, 0.2) is 5.58 Å². The molecule has 0 fully saturated rings. The largest absolute Gasteiger partial charge is 0.459 e. The SMILES string of the molecule is O=C(CCn1c(=O)oc2ccccc21)OCc1csc(-c2ccccc2Cl)n1. The molecule has 2 aromatic carbocycles. The van der Waals surface area contributed by atoms with Crippen molar-refractivity contribution in [3.05, 3.63) is 75.2 Å². The highest BCUT2D eigenvalue weighted by molar-refractivity contribution is 7.13. The topological polar surface area (TPSA) is 74.3 Å². The minimum absolute atomic E-state index is 0.0605. The smallest absolute Gasteiger partial charge is 0.419 e. The first kappa shape index (κ1) is 18.5. The number of halogens is 1. The number of thiazole rings is 1. The van der Waals surface area contributed by atoms with Crippen LogP contribution in [0.15, 0.2) is 63.1 Å². The molecule has 8 heteroatoms. The number of hydrogen-bond acceptors (Lipinski definition) is 6. The van der Waals surface area contributed by atoms with Gasteiger partial charge in [-0.2, -0.15) is 0 Å². The fourth-order valence-electron chi connectivity index (χ4n) is 2.79. The summed E-state index contributed by atoms with van der Waals surface area (Å²) < 4.78 is 11.9. The molecule has 0 aliphatic carbocycles. The molecule has 0 saturated heterocycles. The Kier molecular flexibility index (Phi) is 5.27. The number of esters is 1. The van der Waals surface area contributed by atoms with Gasteiger partial charge in [-0.3, -0.25) is 9.36 Å². The van der Waals surface area contributed by atoms with Crippen molar-refractivity contribution in [2.24, 2.45) is 0 Å². The third-order valence-electron chi connectivity index (χ3n) is 4.15. The van der Waals surface area contributed by atoms with Crippen molar-refractivity contribution in [2.75, 3.05) is 0 Å². The number of benzene rings is 2. The van der Waals surface area contributed by atoms with Crippen LogP contribution in [0.25, 0.3) is 21.7 Å². The number of carbonyl (C=O) groups is 1. The summed E-state index contributed by atoms with van der Waals surface area (Å²) in [7, 11) is 0. The van der Waals surface area contributed by atoms with Gasteiger partial charge < -0.3 is 9.15 Å². The Morgan fingerprint density at radius 3 is 2.82 bits per heavy atom. The lowest BCUT2D eigenvalue weighted by atomic mass is 10.2. The molecule has 0 atom stereocenters. The minimum atomic E-state index is -0.488. The zero-order valence-electron chi connectivity index (χ0n) is 14.6. The maximum absolute atomic E-state index is 12.1. The lowest BCUT2D eigenvalue weighted by molar-refractivity contribution is -0.145. The maximum atomic E-state index is 12.1. The number of ether oxygens (including phenoxy) is 1. The van der Waals surface area contributed by atoms with Crippen LogP contribution in [0.4, 0.5) is 0 Å². The van der Waals surface area contributed by atoms with Gasteiger partial charge in [-0.05, 0) is 18.2 Å². The quantitative estimate of drug-likeness (QED) is 0.434. The molecule has 0 spiro atoms. The summed E-state index contributed by atoms with van der Waals surface area (Å²) in [4.78, 5) is 28.5. The maximum Gasteiger partial charge on any atom is 0.419 e. The van der Waals surface area contributed by atoms with Gasteiger partial charge in [-0.25, -0.2) is 9.78 Å². The van der Waals surface area contributed by atoms with E-state index in [0.29, 0.717) is 21.8 Å². The molecule has 4 rings (SSSR count). The molecule has 0 aliphatic rings. The van der Waals surface area contributed by atoms with E-state index in [1.54, 1.807) is 24.3 Å². The van der Waals surface area contributed by atoms with E-state index in [0.717, 1.165) is 10.6 Å². The fraction of sp³-hybridized carbons (Fsp3) is 0.150. The Hall–Kier alpha value is -2.90. The fourth-order valence-corrected chi connectivity index (χ4v) is 3.91. The van der Waals surface area contributed by atoms with E-state index in [4.69, 9.17) is 20.8 Å². The number of oxazole rings is 1. The van der Waals surface area contributed by atoms with Gasteiger partial charge in [-0.15, -0.1) is 11.3 Å². The minimum Gasteiger partial charge on any atom is -0.459 e. The zero-order chi connectivity index (χ0) is 19.5. The van der Waals surface area contributed by atoms with Crippen molar-refractivity contribution < 1.29 is 13.9 Å². The number of carbonyl (C=O) groups excluding carboxylic acids is 1. The van der Waals surface area contributed by atoms with Gasteiger partial charge in [0.2, 0.25) is 0 Å². The van der Waals surface area contributed by atoms with Crippen molar-refractivity contribution in [2.45, 2.75) is 19.6 Å². The second kappa shape index (κ2) is 8.00. The van der Waals surface area contributed by atoms with E-state index in [-0.39, 0.29) is 19.6 Å². The van der Waals surface area contributed by atoms with Crippen LogP contribution in [0.1, 0.15) is 12.1 Å². The summed E-state index contributed by atoms with van der Waals surface area (Å²) in [6, 6.07) is 14.5. The molecule has 6 nitrogen and oxygen atoms in total. The number of aromatic nitrogens is 2. The zero-order valence-corrected chi connectivity index (χ0v) is 16.2. The first-order valence-electron chi connectivity index (χ1n) is 8.55. The van der Waals surface area contributed by atoms with Gasteiger partial charge in [0.25, 0.3) is 0 Å². The van der Waals surface area contributed by atoms with E-state index >= 15 is 0 Å². The van der Waals surface area contributed by atoms with E-state index in [9.17, 15) is 9.59 Å². The molecule has 142 valence electrons. The average molecular weight is 415 g/mol. The number of para-hydroxylation sites is 2. The molecule has 0 N–H and O–H groups in total. The van der Waals surface area contributed by atoms with Crippen molar-refractivity contribution in [3.8, 4) is 10.6 Å². The van der Waals surface area contributed by atoms with Gasteiger partial charge in [-0.1, -0.05) is 41.9 Å². The van der Waals surface area contributed by atoms with Crippen LogP contribution in [-0.2, 0) is 22.7 Å². The highest BCUT2D eigenvalue weighted by Gasteiger charge is 2.13. The van der Waals surface area contributed by atoms with Crippen molar-refractivity contribution in [3.63, 3.8) is 0 Å². The van der Waals surface area contributed by atoms with E-state index in [1.165, 1.54) is 15.9 Å². The molecule has 0 unspecified atom stereocenters. The number of aryl methyl sites for hydroxylation is 1. The van der Waals surface area contributed by atoms with Gasteiger partial charge in [0, 0.05) is 17.5 Å². The predicted molar refractivity (Wildman–Crippen MR) is 107 cm³/mol. The Bertz CT molecular complexity index is 1190. The van der Waals surface area contributed by atoms with Crippen LogP contribution in [-0.4, -0.2) is 15.5 Å². The highest BCUT2D eigenvalue weighted by Crippen LogP contribution is 2.30. The van der Waals surface area contributed by atoms with Gasteiger partial charge in [0.1, 0.15) is 11.6 Å². The average Bonchev–Trinajstić information content (AvgIpc) is 3.29. The molecule has 0 saturated carbocycles. The number of fused-ring (bicyclic) bond motifs is 1. The molecule has 0 bridgehead atoms. The molecule has 2 aromatic heterocycles. The normalized spacial score (nSPS) is 11.0. The molecule has 0 radical (unpaired) electrons. The lowest BCUT2D eigenvalue weighted by Crippen LogP contribution is -2.17. The summed E-state index contributed by atoms with van der Waals surface area (Å²) in [5.74, 6) is -0.901. The van der Waals surface area contributed by atoms with Crippen LogP contribution in [0.3, 0.4) is 0 Å². The van der Waals surface area contributed by atoms with E-state index in [2.05, 4.69) is 4.98 Å². The Labute approximate surface area is 169 Å². The van der Waals surface area contributed by atoms with Crippen molar-refractivity contribution >= 4 is 40.0 Å². The second-order valence-corrected chi connectivity index (χ2v) is 7.29. The Balaban J connectivity index is 1.36. The molecule has 0 amide bonds. The number of hydrogen-bond donors (Lipinski definition) is 0. The highest BCUT2D eigenvalue weighted by atomic mass is 35.5. The molecular formula is C20H15ClN2O4S. The number of nitrogens with zero attached hydrogens (tertiary/aromatic N) is 2. The van der Waals surface area contributed by atoms with Gasteiger partial charge in [0.05, 0.1) is 22.7 Å². The summed E-state index contributed by atoms with van der Waals surface area (Å²) in [6.45, 7) is 0.261. The van der Waals surface area contributed by atoms with Crippen LogP contribution >= 0.6 is 22.9 Å². The number of rotatable bonds is 6. The van der Waals surface area contributed by atoms with Gasteiger partial charge >= 0.3 is 11.7 Å². The van der Waals surface area contributed by atoms with Crippen molar-refractivity contribution in [1.29, 1.82) is 0 Å². The molecular weight excluding hydrogens is 400 g/mol. The lowest BCUT2D eigenvalue weighted by Gasteiger charge is -2.04. The molecule has 2 heterocycles. The van der Waals surface area contributed by atoms with Crippen LogP contribution in [0.2, 0.25) is 5.02 Å². The summed E-state index contributed by atoms with van der Waals surface area (Å²) in [6.07, 6.45) is 0.0605. The second-order valence-electron chi connectivity index (χ2n) is 6.02. The summed E-state index contributed by atoms with van der Waals surface area (Å²) in [5, 5.41) is 3.23. The summed E-state index contributed by atoms with van der Waals surface area (Å²) >= 11 is 7.62. The predicted octanol–water partition coefficient (Wildman–Crippen LogP) is 4.50. The molecule has 0 aliphatic heterocycles. The van der Waals surface area contributed by atoms with Crippen molar-refractivity contribution in [1.82, 2.24) is 9.55 Å². The third kappa shape index (κ3) is 3.85. The summed E-state index contributed by atoms with van der Waals surface area (Å²) in [5.41, 5.74) is 2.65. The first-order valence-corrected chi connectivity index (χ1v) is 9.81. The third-order valence-corrected chi connectivity index (χ3v) is 5.40. The van der Waals surface area contributed by atoms with Crippen LogP contribution < -0.4 is 5.76 Å². The van der Waals surface area contributed by atoms with E-state index < -0.39 is 11.7 Å². The van der Waals surface area contributed by atoms with Crippen LogP contribution in [0, 0.1) is 0 Å². The first-order chi connectivity index (χ1) is 13.6. The van der Waals surface area contributed by atoms with Crippen LogP contribution in [0.5, 0.6) is 0 Å². The standard InChI is InChI=1S/C20H15ClN2O4S/c21-15-6-2-1-5-14(15)19-22-13(12-28-19)11-26-18(24)9-10-23-16-7-3-4-8-17(16)27-20(23)25/h1-8,12H,9-11H2. The Morgan fingerprint density at radius 2 is 1.96 bits per heavy atom. The monoisotopic (exact) mass is 414 g/mol. The van der Waals surface area contributed by atoms with E-state index in [1.807, 2.05) is 29.6 Å². The molecule has 4 aromatic rings.